The van der Waals surface area contributed by atoms with Crippen LogP contribution in [0.4, 0.5) is 0 Å². The van der Waals surface area contributed by atoms with Crippen molar-refractivity contribution in [3.05, 3.63) is 35.9 Å². The molecule has 1 aromatic rings. The van der Waals surface area contributed by atoms with Gasteiger partial charge >= 0.3 is 5.97 Å². The zero-order chi connectivity index (χ0) is 17.5. The van der Waals surface area contributed by atoms with Crippen LogP contribution in [0.3, 0.4) is 0 Å². The highest BCUT2D eigenvalue weighted by Gasteiger charge is 2.25. The number of carbonyl (C=O) groups is 2. The van der Waals surface area contributed by atoms with E-state index in [1.807, 2.05) is 24.3 Å². The average molecular weight is 331 g/mol. The van der Waals surface area contributed by atoms with E-state index in [1.165, 1.54) is 6.08 Å². The lowest BCUT2D eigenvalue weighted by molar-refractivity contribution is -0.149. The van der Waals surface area contributed by atoms with Crippen LogP contribution in [0.25, 0.3) is 6.08 Å². The maximum absolute atomic E-state index is 12.1. The number of rotatable bonds is 5. The lowest BCUT2D eigenvalue weighted by Crippen LogP contribution is -2.44. The lowest BCUT2D eigenvalue weighted by atomic mass is 9.92. The Hall–Kier alpha value is -2.30. The van der Waals surface area contributed by atoms with E-state index >= 15 is 0 Å². The van der Waals surface area contributed by atoms with E-state index in [0.29, 0.717) is 11.8 Å². The fraction of sp³-hybridized carbons (Fsp3) is 0.474. The predicted octanol–water partition coefficient (Wildman–Crippen LogP) is 2.76. The first kappa shape index (κ1) is 18.0. The van der Waals surface area contributed by atoms with Gasteiger partial charge in [0.15, 0.2) is 6.61 Å². The molecule has 0 bridgehead atoms. The number of likely N-dealkylation sites (tertiary alicyclic amines) is 1. The Labute approximate surface area is 143 Å². The Morgan fingerprint density at radius 2 is 1.79 bits per heavy atom. The van der Waals surface area contributed by atoms with E-state index < -0.39 is 5.97 Å². The van der Waals surface area contributed by atoms with Gasteiger partial charge in [0.05, 0.1) is 7.11 Å². The van der Waals surface area contributed by atoms with Crippen LogP contribution < -0.4 is 4.74 Å². The normalized spacial score (nSPS) is 20.9. The first-order valence-electron chi connectivity index (χ1n) is 8.24. The van der Waals surface area contributed by atoms with Crippen LogP contribution in [0, 0.1) is 11.8 Å². The fourth-order valence-corrected chi connectivity index (χ4v) is 3.02. The van der Waals surface area contributed by atoms with Crippen molar-refractivity contribution in [2.75, 3.05) is 26.8 Å². The zero-order valence-corrected chi connectivity index (χ0v) is 14.5. The molecule has 1 aliphatic heterocycles. The van der Waals surface area contributed by atoms with Crippen LogP contribution in [0.5, 0.6) is 5.75 Å². The molecule has 0 unspecified atom stereocenters. The van der Waals surface area contributed by atoms with Crippen LogP contribution in [0.1, 0.15) is 25.8 Å². The van der Waals surface area contributed by atoms with Gasteiger partial charge in [-0.25, -0.2) is 4.79 Å². The average Bonchev–Trinajstić information content (AvgIpc) is 2.57. The minimum atomic E-state index is -0.516. The predicted molar refractivity (Wildman–Crippen MR) is 92.5 cm³/mol. The highest BCUT2D eigenvalue weighted by atomic mass is 16.5. The molecular formula is C19H25NO4. The monoisotopic (exact) mass is 331 g/mol. The van der Waals surface area contributed by atoms with Crippen LogP contribution in [-0.4, -0.2) is 43.6 Å². The number of nitrogens with zero attached hydrogens (tertiary/aromatic N) is 1. The minimum absolute atomic E-state index is 0.125. The minimum Gasteiger partial charge on any atom is -0.497 e. The van der Waals surface area contributed by atoms with Crippen molar-refractivity contribution in [3.8, 4) is 5.75 Å². The van der Waals surface area contributed by atoms with Gasteiger partial charge in [0, 0.05) is 19.2 Å². The fourth-order valence-electron chi connectivity index (χ4n) is 3.02. The molecule has 0 spiro atoms. The molecule has 24 heavy (non-hydrogen) atoms. The van der Waals surface area contributed by atoms with Gasteiger partial charge < -0.3 is 14.4 Å². The number of hydrogen-bond acceptors (Lipinski definition) is 4. The topological polar surface area (TPSA) is 55.8 Å². The molecule has 0 saturated carbocycles. The third kappa shape index (κ3) is 5.41. The number of methoxy groups -OCH3 is 1. The second kappa shape index (κ2) is 8.52. The molecule has 2 rings (SSSR count). The van der Waals surface area contributed by atoms with Crippen molar-refractivity contribution in [2.24, 2.45) is 11.8 Å². The Bertz CT molecular complexity index is 584. The van der Waals surface area contributed by atoms with Crippen molar-refractivity contribution in [2.45, 2.75) is 20.3 Å². The van der Waals surface area contributed by atoms with E-state index in [4.69, 9.17) is 9.47 Å². The van der Waals surface area contributed by atoms with Crippen molar-refractivity contribution < 1.29 is 19.1 Å². The van der Waals surface area contributed by atoms with E-state index in [-0.39, 0.29) is 12.5 Å². The highest BCUT2D eigenvalue weighted by molar-refractivity contribution is 5.89. The number of amides is 1. The second-order valence-electron chi connectivity index (χ2n) is 6.46. The van der Waals surface area contributed by atoms with Gasteiger partial charge in [-0.05, 0) is 42.0 Å². The quantitative estimate of drug-likeness (QED) is 0.615. The van der Waals surface area contributed by atoms with Gasteiger partial charge in [0.1, 0.15) is 5.75 Å². The van der Waals surface area contributed by atoms with E-state index in [1.54, 1.807) is 18.1 Å². The Morgan fingerprint density at radius 3 is 2.38 bits per heavy atom. The summed E-state index contributed by atoms with van der Waals surface area (Å²) in [4.78, 5) is 25.7. The summed E-state index contributed by atoms with van der Waals surface area (Å²) in [7, 11) is 1.60. The summed E-state index contributed by atoms with van der Waals surface area (Å²) in [6, 6.07) is 7.30. The van der Waals surface area contributed by atoms with Gasteiger partial charge in [0.25, 0.3) is 5.91 Å². The number of ether oxygens (including phenoxy) is 2. The molecule has 1 aromatic carbocycles. The van der Waals surface area contributed by atoms with Crippen LogP contribution in [0.2, 0.25) is 0 Å². The van der Waals surface area contributed by atoms with Crippen LogP contribution in [0.15, 0.2) is 30.3 Å². The molecule has 2 atom stereocenters. The molecule has 1 aliphatic rings. The molecule has 1 amide bonds. The second-order valence-corrected chi connectivity index (χ2v) is 6.46. The lowest BCUT2D eigenvalue weighted by Gasteiger charge is -2.34. The maximum atomic E-state index is 12.1. The molecule has 1 saturated heterocycles. The summed E-state index contributed by atoms with van der Waals surface area (Å²) in [5, 5.41) is 0. The van der Waals surface area contributed by atoms with E-state index in [0.717, 1.165) is 30.8 Å². The molecule has 0 radical (unpaired) electrons. The number of benzene rings is 1. The van der Waals surface area contributed by atoms with Crippen LogP contribution >= 0.6 is 0 Å². The van der Waals surface area contributed by atoms with Crippen molar-refractivity contribution in [1.82, 2.24) is 4.90 Å². The molecule has 0 aromatic heterocycles. The largest absolute Gasteiger partial charge is 0.497 e. The summed E-state index contributed by atoms with van der Waals surface area (Å²) in [5.41, 5.74) is 0.859. The molecule has 0 N–H and O–H groups in total. The molecule has 5 nitrogen and oxygen atoms in total. The van der Waals surface area contributed by atoms with Gasteiger partial charge in [-0.2, -0.15) is 0 Å². The third-order valence-corrected chi connectivity index (χ3v) is 4.09. The number of hydrogen-bond donors (Lipinski definition) is 0. The first-order chi connectivity index (χ1) is 11.5. The molecule has 130 valence electrons. The molecule has 1 heterocycles. The van der Waals surface area contributed by atoms with Gasteiger partial charge in [-0.3, -0.25) is 4.79 Å². The van der Waals surface area contributed by atoms with E-state index in [2.05, 4.69) is 13.8 Å². The summed E-state index contributed by atoms with van der Waals surface area (Å²) >= 11 is 0. The Morgan fingerprint density at radius 1 is 1.17 bits per heavy atom. The van der Waals surface area contributed by atoms with E-state index in [9.17, 15) is 9.59 Å². The van der Waals surface area contributed by atoms with Crippen molar-refractivity contribution >= 4 is 18.0 Å². The van der Waals surface area contributed by atoms with Crippen molar-refractivity contribution in [3.63, 3.8) is 0 Å². The maximum Gasteiger partial charge on any atom is 0.331 e. The Balaban J connectivity index is 1.79. The van der Waals surface area contributed by atoms with Crippen molar-refractivity contribution in [1.29, 1.82) is 0 Å². The van der Waals surface area contributed by atoms with Gasteiger partial charge in [0.2, 0.25) is 0 Å². The summed E-state index contributed by atoms with van der Waals surface area (Å²) < 4.78 is 10.1. The molecule has 5 heteroatoms. The highest BCUT2D eigenvalue weighted by Crippen LogP contribution is 2.20. The summed E-state index contributed by atoms with van der Waals surface area (Å²) in [6.45, 7) is 5.55. The summed E-state index contributed by atoms with van der Waals surface area (Å²) in [6.07, 6.45) is 4.11. The number of piperidine rings is 1. The first-order valence-corrected chi connectivity index (χ1v) is 8.24. The van der Waals surface area contributed by atoms with Gasteiger partial charge in [-0.15, -0.1) is 0 Å². The summed E-state index contributed by atoms with van der Waals surface area (Å²) in [5.74, 6) is 1.09. The Kier molecular flexibility index (Phi) is 6.41. The molecule has 0 aliphatic carbocycles. The number of esters is 1. The third-order valence-electron chi connectivity index (χ3n) is 4.09. The number of carbonyl (C=O) groups excluding carboxylic acids is 2. The molecule has 1 fully saturated rings. The standard InChI is InChI=1S/C19H25NO4/c1-14-10-15(2)12-20(11-14)18(21)13-24-19(22)9-6-16-4-7-17(23-3)8-5-16/h4-9,14-15H,10-13H2,1-3H3/b9-6+/t14-,15+. The SMILES string of the molecule is COc1ccc(/C=C/C(=O)OCC(=O)N2C[C@H](C)C[C@H](C)C2)cc1. The van der Waals surface area contributed by atoms with Gasteiger partial charge in [-0.1, -0.05) is 26.0 Å². The smallest absolute Gasteiger partial charge is 0.331 e. The van der Waals surface area contributed by atoms with Crippen LogP contribution in [-0.2, 0) is 14.3 Å². The zero-order valence-electron chi connectivity index (χ0n) is 14.5. The molecular weight excluding hydrogens is 306 g/mol.